The highest BCUT2D eigenvalue weighted by Crippen LogP contribution is 2.37. The fourth-order valence-electron chi connectivity index (χ4n) is 3.90. The summed E-state index contributed by atoms with van der Waals surface area (Å²) in [5, 5.41) is 29.8. The molecule has 1 aliphatic heterocycles. The van der Waals surface area contributed by atoms with Crippen molar-refractivity contribution in [3.8, 4) is 16.9 Å². The van der Waals surface area contributed by atoms with Gasteiger partial charge in [-0.15, -0.1) is 0 Å². The van der Waals surface area contributed by atoms with E-state index >= 15 is 0 Å². The lowest BCUT2D eigenvalue weighted by molar-refractivity contribution is -0.114. The number of aliphatic hydroxyl groups is 2. The number of fused-ring (bicyclic) bond motifs is 1. The van der Waals surface area contributed by atoms with Crippen molar-refractivity contribution < 1.29 is 20.1 Å². The second-order valence-corrected chi connectivity index (χ2v) is 7.31. The summed E-state index contributed by atoms with van der Waals surface area (Å²) in [6.45, 7) is -0.133. The third-order valence-corrected chi connectivity index (χ3v) is 5.22. The van der Waals surface area contributed by atoms with Crippen molar-refractivity contribution in [2.24, 2.45) is 0 Å². The molecular formula is C23H24O4. The summed E-state index contributed by atoms with van der Waals surface area (Å²) in [4.78, 5) is 0. The van der Waals surface area contributed by atoms with Crippen molar-refractivity contribution in [1.82, 2.24) is 0 Å². The van der Waals surface area contributed by atoms with Crippen LogP contribution in [0.15, 0.2) is 60.7 Å². The van der Waals surface area contributed by atoms with Crippen molar-refractivity contribution in [2.75, 3.05) is 6.61 Å². The Bertz CT molecular complexity index is 860. The largest absolute Gasteiger partial charge is 0.508 e. The lowest BCUT2D eigenvalue weighted by Gasteiger charge is -2.33. The van der Waals surface area contributed by atoms with Crippen LogP contribution in [-0.4, -0.2) is 34.1 Å². The molecule has 0 amide bonds. The molecule has 0 radical (unpaired) electrons. The molecule has 1 aromatic carbocycles. The Morgan fingerprint density at radius 2 is 1.63 bits per heavy atom. The molecular weight excluding hydrogens is 340 g/mol. The van der Waals surface area contributed by atoms with Crippen molar-refractivity contribution >= 4 is 0 Å². The van der Waals surface area contributed by atoms with Gasteiger partial charge in [-0.3, -0.25) is 0 Å². The van der Waals surface area contributed by atoms with Gasteiger partial charge >= 0.3 is 0 Å². The zero-order valence-electron chi connectivity index (χ0n) is 15.1. The van der Waals surface area contributed by atoms with Gasteiger partial charge < -0.3 is 20.1 Å². The summed E-state index contributed by atoms with van der Waals surface area (Å²) in [6.07, 6.45) is 0.247. The molecule has 1 fully saturated rings. The molecule has 4 nitrogen and oxygen atoms in total. The average molecular weight is 364 g/mol. The van der Waals surface area contributed by atoms with Crippen LogP contribution in [0.4, 0.5) is 0 Å². The minimum Gasteiger partial charge on any atom is -0.508 e. The van der Waals surface area contributed by atoms with Gasteiger partial charge in [-0.1, -0.05) is 48.5 Å². The Hall–Kier alpha value is -2.40. The smallest absolute Gasteiger partial charge is 0.121 e. The van der Waals surface area contributed by atoms with Gasteiger partial charge in [-0.05, 0) is 40.8 Å². The number of benzene rings is 1. The summed E-state index contributed by atoms with van der Waals surface area (Å²) in [5.41, 5.74) is 5.38. The predicted molar refractivity (Wildman–Crippen MR) is 104 cm³/mol. The maximum Gasteiger partial charge on any atom is 0.121 e. The van der Waals surface area contributed by atoms with Crippen LogP contribution in [0, 0.1) is 0 Å². The summed E-state index contributed by atoms with van der Waals surface area (Å²) in [7, 11) is 0. The number of aliphatic hydroxyl groups excluding tert-OH is 2. The normalized spacial score (nSPS) is 22.8. The van der Waals surface area contributed by atoms with E-state index < -0.39 is 18.3 Å². The Balaban J connectivity index is 1.59. The fraction of sp³-hybridized carbons (Fsp3) is 0.304. The van der Waals surface area contributed by atoms with Crippen LogP contribution in [0.1, 0.15) is 35.6 Å². The highest BCUT2D eigenvalue weighted by molar-refractivity contribution is 5.68. The summed E-state index contributed by atoms with van der Waals surface area (Å²) in [5.74, 6) is 0.161. The molecule has 3 atom stereocenters. The molecule has 1 heterocycles. The molecule has 0 bridgehead atoms. The van der Waals surface area contributed by atoms with Crippen LogP contribution >= 0.6 is 0 Å². The number of phenols is 1. The monoisotopic (exact) mass is 364 g/mol. The molecule has 0 aromatic heterocycles. The lowest BCUT2D eigenvalue weighted by Crippen LogP contribution is -2.33. The number of hydrogen-bond donors (Lipinski definition) is 3. The average Bonchev–Trinajstić information content (AvgIpc) is 2.90. The van der Waals surface area contributed by atoms with Crippen molar-refractivity contribution in [3.05, 3.63) is 77.4 Å². The van der Waals surface area contributed by atoms with E-state index in [1.807, 2.05) is 30.3 Å². The Labute approximate surface area is 159 Å². The van der Waals surface area contributed by atoms with E-state index in [0.29, 0.717) is 18.4 Å². The predicted octanol–water partition coefficient (Wildman–Crippen LogP) is 3.66. The van der Waals surface area contributed by atoms with E-state index in [2.05, 4.69) is 24.3 Å². The van der Waals surface area contributed by atoms with E-state index in [1.165, 1.54) is 16.7 Å². The molecule has 0 saturated carbocycles. The Morgan fingerprint density at radius 3 is 2.33 bits per heavy atom. The highest BCUT2D eigenvalue weighted by Gasteiger charge is 2.30. The summed E-state index contributed by atoms with van der Waals surface area (Å²) in [6, 6.07) is 20.2. The SMILES string of the molecule is OC[C@@H]1C[C@H](O)C[C@H](c2cc(Cc3cc4cccccc-4c3)ccc2O)O1. The van der Waals surface area contributed by atoms with Crippen LogP contribution < -0.4 is 0 Å². The molecule has 1 saturated heterocycles. The van der Waals surface area contributed by atoms with E-state index in [9.17, 15) is 15.3 Å². The minimum absolute atomic E-state index is 0.133. The van der Waals surface area contributed by atoms with Crippen LogP contribution in [0.5, 0.6) is 5.75 Å². The van der Waals surface area contributed by atoms with Gasteiger partial charge in [0.25, 0.3) is 0 Å². The van der Waals surface area contributed by atoms with E-state index in [1.54, 1.807) is 6.07 Å². The fourth-order valence-corrected chi connectivity index (χ4v) is 3.90. The van der Waals surface area contributed by atoms with Gasteiger partial charge in [-0.25, -0.2) is 0 Å². The van der Waals surface area contributed by atoms with Crippen LogP contribution in [0.3, 0.4) is 0 Å². The van der Waals surface area contributed by atoms with Crippen LogP contribution in [-0.2, 0) is 11.2 Å². The molecule has 1 aromatic rings. The first-order valence-corrected chi connectivity index (χ1v) is 9.36. The van der Waals surface area contributed by atoms with Gasteiger partial charge in [0.1, 0.15) is 5.75 Å². The maximum atomic E-state index is 10.3. The molecule has 3 N–H and O–H groups in total. The number of hydrogen-bond acceptors (Lipinski definition) is 4. The molecule has 0 unspecified atom stereocenters. The van der Waals surface area contributed by atoms with Gasteiger partial charge in [0.05, 0.1) is 24.9 Å². The molecule has 4 rings (SSSR count). The quantitative estimate of drug-likeness (QED) is 0.661. The second kappa shape index (κ2) is 7.69. The van der Waals surface area contributed by atoms with Crippen molar-refractivity contribution in [2.45, 2.75) is 37.6 Å². The molecule has 27 heavy (non-hydrogen) atoms. The Morgan fingerprint density at radius 1 is 0.889 bits per heavy atom. The molecule has 0 spiro atoms. The van der Waals surface area contributed by atoms with E-state index in [0.717, 1.165) is 12.0 Å². The minimum atomic E-state index is -0.537. The number of rotatable bonds is 4. The first-order valence-electron chi connectivity index (χ1n) is 9.36. The van der Waals surface area contributed by atoms with Crippen LogP contribution in [0.25, 0.3) is 11.1 Å². The van der Waals surface area contributed by atoms with Gasteiger partial charge in [0, 0.05) is 18.4 Å². The third-order valence-electron chi connectivity index (χ3n) is 5.22. The van der Waals surface area contributed by atoms with Gasteiger partial charge in [-0.2, -0.15) is 0 Å². The summed E-state index contributed by atoms with van der Waals surface area (Å²) < 4.78 is 5.87. The zero-order valence-corrected chi connectivity index (χ0v) is 15.1. The topological polar surface area (TPSA) is 69.9 Å². The van der Waals surface area contributed by atoms with Gasteiger partial charge in [0.2, 0.25) is 0 Å². The van der Waals surface area contributed by atoms with E-state index in [-0.39, 0.29) is 12.4 Å². The van der Waals surface area contributed by atoms with Gasteiger partial charge in [0.15, 0.2) is 0 Å². The van der Waals surface area contributed by atoms with Crippen molar-refractivity contribution in [1.29, 1.82) is 0 Å². The zero-order chi connectivity index (χ0) is 18.8. The summed E-state index contributed by atoms with van der Waals surface area (Å²) >= 11 is 0. The van der Waals surface area contributed by atoms with E-state index in [4.69, 9.17) is 4.74 Å². The number of aromatic hydroxyl groups is 1. The highest BCUT2D eigenvalue weighted by atomic mass is 16.5. The standard InChI is InChI=1S/C23H24O4/c24-14-20-12-19(25)13-23(27-20)21-11-15(6-7-22(21)26)8-16-9-17-4-2-1-3-5-18(17)10-16/h1-7,9-11,19-20,23-26H,8,12-14H2/t19-,20-,23+/m0/s1. The number of ether oxygens (including phenoxy) is 1. The molecule has 4 heteroatoms. The third kappa shape index (κ3) is 3.98. The lowest BCUT2D eigenvalue weighted by atomic mass is 9.93. The molecule has 2 aliphatic carbocycles. The van der Waals surface area contributed by atoms with Crippen LogP contribution in [0.2, 0.25) is 0 Å². The molecule has 3 aliphatic rings. The first kappa shape index (κ1) is 18.0. The van der Waals surface area contributed by atoms with Crippen molar-refractivity contribution in [3.63, 3.8) is 0 Å². The number of phenolic OH excluding ortho intramolecular Hbond substituents is 1. The second-order valence-electron chi connectivity index (χ2n) is 7.31. The maximum absolute atomic E-state index is 10.3. The Kier molecular flexibility index (Phi) is 5.12. The first-order chi connectivity index (χ1) is 13.1. The molecule has 140 valence electrons.